The highest BCUT2D eigenvalue weighted by molar-refractivity contribution is 5.43. The molecule has 4 rings (SSSR count). The molecule has 2 fully saturated rings. The molecule has 2 heterocycles. The number of nitrogens with zero attached hydrogens (tertiary/aromatic N) is 4. The molecule has 0 unspecified atom stereocenters. The van der Waals surface area contributed by atoms with Crippen LogP contribution < -0.4 is 5.32 Å². The summed E-state index contributed by atoms with van der Waals surface area (Å²) >= 11 is 0. The second-order valence-corrected chi connectivity index (χ2v) is 5.84. The summed E-state index contributed by atoms with van der Waals surface area (Å²) in [7, 11) is 0. The van der Waals surface area contributed by atoms with E-state index in [-0.39, 0.29) is 0 Å². The minimum Gasteiger partial charge on any atom is -0.461 e. The van der Waals surface area contributed by atoms with Crippen molar-refractivity contribution in [3.63, 3.8) is 0 Å². The van der Waals surface area contributed by atoms with Crippen LogP contribution in [0.5, 0.6) is 0 Å². The maximum Gasteiger partial charge on any atom is 0.240 e. The molecular weight excluding hydrogens is 254 g/mol. The number of nitrogens with one attached hydrogen (secondary N) is 1. The minimum absolute atomic E-state index is 0.552. The highest BCUT2D eigenvalue weighted by atomic mass is 16.3. The first kappa shape index (κ1) is 12.1. The number of furan rings is 1. The molecule has 2 aliphatic carbocycles. The Kier molecular flexibility index (Phi) is 3.03. The zero-order valence-electron chi connectivity index (χ0n) is 11.4. The van der Waals surface area contributed by atoms with Gasteiger partial charge >= 0.3 is 0 Å². The summed E-state index contributed by atoms with van der Waals surface area (Å²) in [5.41, 5.74) is 0. The largest absolute Gasteiger partial charge is 0.461 e. The van der Waals surface area contributed by atoms with Crippen LogP contribution in [0.15, 0.2) is 22.8 Å². The Morgan fingerprint density at radius 2 is 2.10 bits per heavy atom. The summed E-state index contributed by atoms with van der Waals surface area (Å²) in [6.45, 7) is 1.66. The number of aromatic nitrogens is 4. The molecule has 0 bridgehead atoms. The molecule has 106 valence electrons. The van der Waals surface area contributed by atoms with Gasteiger partial charge < -0.3 is 9.73 Å². The van der Waals surface area contributed by atoms with E-state index in [0.717, 1.165) is 31.0 Å². The molecule has 2 aromatic heterocycles. The minimum atomic E-state index is 0.552. The van der Waals surface area contributed by atoms with Gasteiger partial charge in [0.1, 0.15) is 0 Å². The van der Waals surface area contributed by atoms with E-state index in [1.54, 1.807) is 11.1 Å². The zero-order chi connectivity index (χ0) is 13.4. The summed E-state index contributed by atoms with van der Waals surface area (Å²) in [5.74, 6) is 3.06. The summed E-state index contributed by atoms with van der Waals surface area (Å²) in [6.07, 6.45) is 7.22. The van der Waals surface area contributed by atoms with E-state index in [2.05, 4.69) is 20.7 Å². The second kappa shape index (κ2) is 5.01. The number of tetrazole rings is 1. The third kappa shape index (κ3) is 2.60. The SMILES string of the molecule is c1coc(-c2nnn(CCNC(C3CC3)C3CC3)n2)c1. The smallest absolute Gasteiger partial charge is 0.240 e. The van der Waals surface area contributed by atoms with Gasteiger partial charge in [-0.1, -0.05) is 0 Å². The lowest BCUT2D eigenvalue weighted by molar-refractivity contribution is 0.389. The number of hydrogen-bond donors (Lipinski definition) is 1. The van der Waals surface area contributed by atoms with Gasteiger partial charge in [-0.2, -0.15) is 4.80 Å². The molecule has 2 aromatic rings. The van der Waals surface area contributed by atoms with Crippen molar-refractivity contribution in [1.29, 1.82) is 0 Å². The zero-order valence-corrected chi connectivity index (χ0v) is 11.4. The van der Waals surface area contributed by atoms with Gasteiger partial charge in [0.2, 0.25) is 5.82 Å². The fraction of sp³-hybridized carbons (Fsp3) is 0.643. The molecule has 0 radical (unpaired) electrons. The molecule has 2 saturated carbocycles. The lowest BCUT2D eigenvalue weighted by atomic mass is 10.1. The van der Waals surface area contributed by atoms with E-state index < -0.39 is 0 Å². The summed E-state index contributed by atoms with van der Waals surface area (Å²) in [5, 5.41) is 16.1. The van der Waals surface area contributed by atoms with E-state index in [0.29, 0.717) is 11.6 Å². The third-order valence-electron chi connectivity index (χ3n) is 4.15. The lowest BCUT2D eigenvalue weighted by Crippen LogP contribution is -2.35. The van der Waals surface area contributed by atoms with Crippen molar-refractivity contribution in [3.8, 4) is 11.6 Å². The van der Waals surface area contributed by atoms with Crippen LogP contribution in [0.4, 0.5) is 0 Å². The molecular formula is C14H19N5O. The monoisotopic (exact) mass is 273 g/mol. The summed E-state index contributed by atoms with van der Waals surface area (Å²) < 4.78 is 5.26. The Morgan fingerprint density at radius 3 is 2.75 bits per heavy atom. The lowest BCUT2D eigenvalue weighted by Gasteiger charge is -2.16. The highest BCUT2D eigenvalue weighted by Crippen LogP contribution is 2.44. The quantitative estimate of drug-likeness (QED) is 0.831. The number of hydrogen-bond acceptors (Lipinski definition) is 5. The average molecular weight is 273 g/mol. The Labute approximate surface area is 117 Å². The van der Waals surface area contributed by atoms with Crippen LogP contribution in [0.1, 0.15) is 25.7 Å². The molecule has 0 saturated heterocycles. The molecule has 2 aliphatic rings. The average Bonchev–Trinajstić information content (AvgIpc) is 3.37. The molecule has 1 N–H and O–H groups in total. The van der Waals surface area contributed by atoms with Gasteiger partial charge in [-0.3, -0.25) is 0 Å². The van der Waals surface area contributed by atoms with E-state index in [1.807, 2.05) is 12.1 Å². The summed E-state index contributed by atoms with van der Waals surface area (Å²) in [4.78, 5) is 1.64. The fourth-order valence-electron chi connectivity index (χ4n) is 2.80. The van der Waals surface area contributed by atoms with Crippen LogP contribution in [0.2, 0.25) is 0 Å². The molecule has 0 spiro atoms. The first-order chi connectivity index (χ1) is 9.90. The van der Waals surface area contributed by atoms with Crippen molar-refractivity contribution in [2.75, 3.05) is 6.54 Å². The molecule has 0 aliphatic heterocycles. The molecule has 20 heavy (non-hydrogen) atoms. The van der Waals surface area contributed by atoms with Crippen molar-refractivity contribution < 1.29 is 4.42 Å². The van der Waals surface area contributed by atoms with E-state index in [4.69, 9.17) is 4.42 Å². The normalized spacial score (nSPS) is 18.9. The van der Waals surface area contributed by atoms with E-state index >= 15 is 0 Å². The topological polar surface area (TPSA) is 68.8 Å². The van der Waals surface area contributed by atoms with Gasteiger partial charge in [-0.05, 0) is 54.9 Å². The Balaban J connectivity index is 1.31. The van der Waals surface area contributed by atoms with Crippen LogP contribution in [0.3, 0.4) is 0 Å². The molecule has 0 atom stereocenters. The fourth-order valence-corrected chi connectivity index (χ4v) is 2.80. The maximum atomic E-state index is 5.26. The molecule has 6 nitrogen and oxygen atoms in total. The van der Waals surface area contributed by atoms with Crippen molar-refractivity contribution in [2.45, 2.75) is 38.3 Å². The molecule has 0 aromatic carbocycles. The molecule has 6 heteroatoms. The van der Waals surface area contributed by atoms with Crippen LogP contribution in [0.25, 0.3) is 11.6 Å². The second-order valence-electron chi connectivity index (χ2n) is 5.84. The van der Waals surface area contributed by atoms with Crippen LogP contribution in [0, 0.1) is 11.8 Å². The van der Waals surface area contributed by atoms with E-state index in [9.17, 15) is 0 Å². The highest BCUT2D eigenvalue weighted by Gasteiger charge is 2.40. The van der Waals surface area contributed by atoms with Crippen LogP contribution >= 0.6 is 0 Å². The Morgan fingerprint density at radius 1 is 1.30 bits per heavy atom. The van der Waals surface area contributed by atoms with Crippen LogP contribution in [-0.4, -0.2) is 32.8 Å². The van der Waals surface area contributed by atoms with Crippen molar-refractivity contribution >= 4 is 0 Å². The predicted molar refractivity (Wildman–Crippen MR) is 72.8 cm³/mol. The first-order valence-electron chi connectivity index (χ1n) is 7.45. The summed E-state index contributed by atoms with van der Waals surface area (Å²) in [6, 6.07) is 4.39. The van der Waals surface area contributed by atoms with Crippen molar-refractivity contribution in [1.82, 2.24) is 25.5 Å². The van der Waals surface area contributed by atoms with Crippen LogP contribution in [-0.2, 0) is 6.54 Å². The van der Waals surface area contributed by atoms with Gasteiger partial charge in [0, 0.05) is 12.6 Å². The third-order valence-corrected chi connectivity index (χ3v) is 4.15. The van der Waals surface area contributed by atoms with Gasteiger partial charge in [0.05, 0.1) is 12.8 Å². The number of rotatable bonds is 7. The van der Waals surface area contributed by atoms with Crippen molar-refractivity contribution in [2.24, 2.45) is 11.8 Å². The van der Waals surface area contributed by atoms with Gasteiger partial charge in [0.15, 0.2) is 5.76 Å². The molecule has 0 amide bonds. The van der Waals surface area contributed by atoms with Crippen molar-refractivity contribution in [3.05, 3.63) is 18.4 Å². The van der Waals surface area contributed by atoms with Gasteiger partial charge in [0.25, 0.3) is 0 Å². The van der Waals surface area contributed by atoms with E-state index in [1.165, 1.54) is 25.7 Å². The van der Waals surface area contributed by atoms with Gasteiger partial charge in [-0.15, -0.1) is 10.2 Å². The Hall–Kier alpha value is -1.69. The van der Waals surface area contributed by atoms with Gasteiger partial charge in [-0.25, -0.2) is 0 Å². The predicted octanol–water partition coefficient (Wildman–Crippen LogP) is 1.71. The first-order valence-corrected chi connectivity index (χ1v) is 7.45. The Bertz CT molecular complexity index is 544. The maximum absolute atomic E-state index is 5.26. The standard InChI is InChI=1S/C14H19N5O/c1-2-12(20-9-1)14-16-18-19(17-14)8-7-15-13(10-3-4-10)11-5-6-11/h1-2,9-11,13,15H,3-8H2.